The second-order valence-electron chi connectivity index (χ2n) is 8.12. The molecule has 0 spiro atoms. The number of aromatic nitrogens is 2. The third kappa shape index (κ3) is 5.89. The molecule has 0 aliphatic heterocycles. The predicted octanol–water partition coefficient (Wildman–Crippen LogP) is 4.02. The van der Waals surface area contributed by atoms with Crippen LogP contribution in [0.5, 0.6) is 5.75 Å². The summed E-state index contributed by atoms with van der Waals surface area (Å²) in [6.45, 7) is 6.63. The van der Waals surface area contributed by atoms with Crippen molar-refractivity contribution in [2.75, 3.05) is 18.9 Å². The molecule has 1 amide bonds. The molecule has 0 radical (unpaired) electrons. The van der Waals surface area contributed by atoms with Crippen molar-refractivity contribution < 1.29 is 13.9 Å². The van der Waals surface area contributed by atoms with Gasteiger partial charge < -0.3 is 15.8 Å². The summed E-state index contributed by atoms with van der Waals surface area (Å²) in [6.07, 6.45) is 1.03. The summed E-state index contributed by atoms with van der Waals surface area (Å²) in [7, 11) is 0. The molecule has 0 bridgehead atoms. The van der Waals surface area contributed by atoms with Crippen LogP contribution in [0.4, 0.5) is 10.2 Å². The summed E-state index contributed by atoms with van der Waals surface area (Å²) in [5.74, 6) is 0.703. The van der Waals surface area contributed by atoms with Crippen LogP contribution in [-0.4, -0.2) is 28.8 Å². The summed E-state index contributed by atoms with van der Waals surface area (Å²) in [6, 6.07) is 13.6. The second-order valence-corrected chi connectivity index (χ2v) is 8.12. The zero-order valence-electron chi connectivity index (χ0n) is 19.1. The molecule has 7 nitrogen and oxygen atoms in total. The Hall–Kier alpha value is -3.86. The average molecular weight is 450 g/mol. The molecule has 33 heavy (non-hydrogen) atoms. The van der Waals surface area contributed by atoms with Gasteiger partial charge in [-0.15, -0.1) is 0 Å². The number of benzene rings is 2. The highest BCUT2D eigenvalue weighted by atomic mass is 19.1. The molecule has 2 aromatic carbocycles. The van der Waals surface area contributed by atoms with E-state index >= 15 is 0 Å². The van der Waals surface area contributed by atoms with Gasteiger partial charge in [0.1, 0.15) is 29.0 Å². The summed E-state index contributed by atoms with van der Waals surface area (Å²) >= 11 is 0. The molecule has 0 fully saturated rings. The van der Waals surface area contributed by atoms with Crippen LogP contribution < -0.4 is 15.8 Å². The molecule has 3 rings (SSSR count). The standard InChI is InChI=1S/C25H28FN5O2/c1-16(2)21-11-10-20(13-17(21)3)33-15-24(32)29-12-4-5-23-22(14-27)25(28)31(30-23)19-8-6-18(26)7-9-19/h6-11,13,16H,4-5,12,15,28H2,1-3H3,(H,29,32). The third-order valence-electron chi connectivity index (χ3n) is 5.32. The first-order valence-electron chi connectivity index (χ1n) is 10.8. The number of nitriles is 1. The highest BCUT2D eigenvalue weighted by Gasteiger charge is 2.16. The first-order chi connectivity index (χ1) is 15.8. The van der Waals surface area contributed by atoms with E-state index in [0.29, 0.717) is 42.4 Å². The predicted molar refractivity (Wildman–Crippen MR) is 125 cm³/mol. The number of nitrogen functional groups attached to an aromatic ring is 1. The van der Waals surface area contributed by atoms with Gasteiger partial charge in [-0.25, -0.2) is 9.07 Å². The van der Waals surface area contributed by atoms with Crippen LogP contribution in [0.3, 0.4) is 0 Å². The lowest BCUT2D eigenvalue weighted by Crippen LogP contribution is -2.30. The van der Waals surface area contributed by atoms with Crippen molar-refractivity contribution in [1.29, 1.82) is 5.26 Å². The highest BCUT2D eigenvalue weighted by Crippen LogP contribution is 2.24. The van der Waals surface area contributed by atoms with Gasteiger partial charge in [0, 0.05) is 6.54 Å². The summed E-state index contributed by atoms with van der Waals surface area (Å²) in [5, 5.41) is 16.7. The minimum absolute atomic E-state index is 0.0734. The summed E-state index contributed by atoms with van der Waals surface area (Å²) < 4.78 is 20.2. The number of nitrogens with one attached hydrogen (secondary N) is 1. The number of nitrogens with two attached hydrogens (primary N) is 1. The van der Waals surface area contributed by atoms with Gasteiger partial charge >= 0.3 is 0 Å². The fourth-order valence-corrected chi connectivity index (χ4v) is 3.62. The van der Waals surface area contributed by atoms with E-state index in [1.165, 1.54) is 22.4 Å². The molecule has 0 atom stereocenters. The van der Waals surface area contributed by atoms with Crippen molar-refractivity contribution in [3.8, 4) is 17.5 Å². The van der Waals surface area contributed by atoms with Crippen LogP contribution in [0.2, 0.25) is 0 Å². The number of halogens is 1. The third-order valence-corrected chi connectivity index (χ3v) is 5.32. The number of anilines is 1. The summed E-state index contributed by atoms with van der Waals surface area (Å²) in [4.78, 5) is 12.1. The number of nitrogens with zero attached hydrogens (tertiary/aromatic N) is 3. The Morgan fingerprint density at radius 1 is 1.27 bits per heavy atom. The van der Waals surface area contributed by atoms with Crippen LogP contribution in [0.15, 0.2) is 42.5 Å². The van der Waals surface area contributed by atoms with Crippen LogP contribution >= 0.6 is 0 Å². The Morgan fingerprint density at radius 3 is 2.64 bits per heavy atom. The van der Waals surface area contributed by atoms with Crippen molar-refractivity contribution in [3.05, 3.63) is 70.7 Å². The largest absolute Gasteiger partial charge is 0.484 e. The van der Waals surface area contributed by atoms with Crippen LogP contribution in [0.1, 0.15) is 48.6 Å². The number of aryl methyl sites for hydroxylation is 2. The SMILES string of the molecule is Cc1cc(OCC(=O)NCCCc2nn(-c3ccc(F)cc3)c(N)c2C#N)ccc1C(C)C. The normalized spacial score (nSPS) is 10.8. The average Bonchev–Trinajstić information content (AvgIpc) is 3.10. The van der Waals surface area contributed by atoms with E-state index in [9.17, 15) is 14.4 Å². The van der Waals surface area contributed by atoms with Gasteiger partial charge in [-0.05, 0) is 73.2 Å². The van der Waals surface area contributed by atoms with Crippen LogP contribution in [-0.2, 0) is 11.2 Å². The number of amides is 1. The van der Waals surface area contributed by atoms with E-state index in [1.54, 1.807) is 12.1 Å². The monoisotopic (exact) mass is 449 g/mol. The van der Waals surface area contributed by atoms with Gasteiger partial charge in [-0.1, -0.05) is 19.9 Å². The van der Waals surface area contributed by atoms with E-state index in [-0.39, 0.29) is 29.7 Å². The quantitative estimate of drug-likeness (QED) is 0.480. The molecule has 172 valence electrons. The number of carbonyl (C=O) groups is 1. The topological polar surface area (TPSA) is 106 Å². The van der Waals surface area contributed by atoms with E-state index in [2.05, 4.69) is 30.3 Å². The van der Waals surface area contributed by atoms with Crippen molar-refractivity contribution in [2.45, 2.75) is 39.5 Å². The van der Waals surface area contributed by atoms with Crippen LogP contribution in [0.25, 0.3) is 5.69 Å². The Bertz CT molecular complexity index is 1160. The maximum atomic E-state index is 13.2. The minimum Gasteiger partial charge on any atom is -0.484 e. The van der Waals surface area contributed by atoms with Gasteiger partial charge in [0.15, 0.2) is 6.61 Å². The maximum absolute atomic E-state index is 13.2. The Labute approximate surface area is 193 Å². The van der Waals surface area contributed by atoms with Crippen molar-refractivity contribution in [1.82, 2.24) is 15.1 Å². The van der Waals surface area contributed by atoms with Crippen LogP contribution in [0, 0.1) is 24.1 Å². The van der Waals surface area contributed by atoms with E-state index in [0.717, 1.165) is 5.56 Å². The fourth-order valence-electron chi connectivity index (χ4n) is 3.62. The number of hydrogen-bond acceptors (Lipinski definition) is 5. The van der Waals surface area contributed by atoms with E-state index in [1.807, 2.05) is 25.1 Å². The maximum Gasteiger partial charge on any atom is 0.257 e. The molecule has 1 heterocycles. The summed E-state index contributed by atoms with van der Waals surface area (Å²) in [5.41, 5.74) is 9.84. The van der Waals surface area contributed by atoms with Crippen molar-refractivity contribution in [2.24, 2.45) is 0 Å². The van der Waals surface area contributed by atoms with Gasteiger partial charge in [0.25, 0.3) is 5.91 Å². The molecule has 1 aromatic heterocycles. The zero-order valence-corrected chi connectivity index (χ0v) is 19.1. The number of hydrogen-bond donors (Lipinski definition) is 2. The van der Waals surface area contributed by atoms with Crippen molar-refractivity contribution in [3.63, 3.8) is 0 Å². The van der Waals surface area contributed by atoms with Gasteiger partial charge in [-0.3, -0.25) is 4.79 Å². The van der Waals surface area contributed by atoms with Crippen molar-refractivity contribution >= 4 is 11.7 Å². The highest BCUT2D eigenvalue weighted by molar-refractivity contribution is 5.77. The molecule has 0 aliphatic carbocycles. The first kappa shape index (κ1) is 23.8. The fraction of sp³-hybridized carbons (Fsp3) is 0.320. The second kappa shape index (κ2) is 10.6. The molecule has 8 heteroatoms. The first-order valence-corrected chi connectivity index (χ1v) is 10.8. The van der Waals surface area contributed by atoms with Gasteiger partial charge in [0.2, 0.25) is 0 Å². The molecule has 3 N–H and O–H groups in total. The smallest absolute Gasteiger partial charge is 0.257 e. The minimum atomic E-state index is -0.368. The molecule has 3 aromatic rings. The Morgan fingerprint density at radius 2 is 2.00 bits per heavy atom. The molecule has 0 aliphatic rings. The Kier molecular flexibility index (Phi) is 7.67. The molecular weight excluding hydrogens is 421 g/mol. The number of carbonyl (C=O) groups excluding carboxylic acids is 1. The molecular formula is C25H28FN5O2. The lowest BCUT2D eigenvalue weighted by Gasteiger charge is -2.12. The van der Waals surface area contributed by atoms with Gasteiger partial charge in [-0.2, -0.15) is 10.4 Å². The number of rotatable bonds is 9. The zero-order chi connectivity index (χ0) is 24.0. The lowest BCUT2D eigenvalue weighted by atomic mass is 9.98. The van der Waals surface area contributed by atoms with E-state index in [4.69, 9.17) is 10.5 Å². The van der Waals surface area contributed by atoms with E-state index < -0.39 is 0 Å². The molecule has 0 unspecified atom stereocenters. The molecule has 0 saturated heterocycles. The van der Waals surface area contributed by atoms with Gasteiger partial charge in [0.05, 0.1) is 11.4 Å². The number of ether oxygens (including phenoxy) is 1. The molecule has 0 saturated carbocycles. The Balaban J connectivity index is 1.50. The lowest BCUT2D eigenvalue weighted by molar-refractivity contribution is -0.123.